The van der Waals surface area contributed by atoms with Crippen molar-refractivity contribution in [3.05, 3.63) is 11.5 Å². The molecular formula is C8H14O5. The van der Waals surface area contributed by atoms with Gasteiger partial charge >= 0.3 is 0 Å². The summed E-state index contributed by atoms with van der Waals surface area (Å²) in [6, 6.07) is 0. The number of aliphatic hydroxyl groups is 2. The Hall–Kier alpha value is -0.780. The van der Waals surface area contributed by atoms with E-state index in [4.69, 9.17) is 14.2 Å². The number of hydrogen-bond donors (Lipinski definition) is 2. The van der Waals surface area contributed by atoms with Gasteiger partial charge in [-0.1, -0.05) is 0 Å². The molecule has 1 aliphatic rings. The summed E-state index contributed by atoms with van der Waals surface area (Å²) in [4.78, 5) is 0. The Morgan fingerprint density at radius 1 is 1.31 bits per heavy atom. The molecule has 1 heterocycles. The Morgan fingerprint density at radius 2 is 1.92 bits per heavy atom. The topological polar surface area (TPSA) is 68.2 Å². The molecular weight excluding hydrogens is 176 g/mol. The van der Waals surface area contributed by atoms with Crippen LogP contribution in [0.2, 0.25) is 0 Å². The lowest BCUT2D eigenvalue weighted by atomic mass is 10.1. The molecule has 1 rings (SSSR count). The summed E-state index contributed by atoms with van der Waals surface area (Å²) in [5.74, 6) is 0.660. The summed E-state index contributed by atoms with van der Waals surface area (Å²) in [5, 5.41) is 19.0. The molecule has 3 atom stereocenters. The van der Waals surface area contributed by atoms with E-state index in [1.165, 1.54) is 14.2 Å². The van der Waals surface area contributed by atoms with Crippen molar-refractivity contribution < 1.29 is 24.4 Å². The Kier molecular flexibility index (Phi) is 3.13. The summed E-state index contributed by atoms with van der Waals surface area (Å²) in [6.45, 7) is 1.64. The van der Waals surface area contributed by atoms with Crippen LogP contribution < -0.4 is 0 Å². The largest absolute Gasteiger partial charge is 0.495 e. The fraction of sp³-hybridized carbons (Fsp3) is 0.750. The average Bonchev–Trinajstić information content (AvgIpc) is 2.12. The third kappa shape index (κ3) is 1.77. The summed E-state index contributed by atoms with van der Waals surface area (Å²) in [5.41, 5.74) is 0. The van der Waals surface area contributed by atoms with Gasteiger partial charge in [0.25, 0.3) is 0 Å². The molecule has 0 aromatic carbocycles. The van der Waals surface area contributed by atoms with Crippen LogP contribution in [0.15, 0.2) is 11.5 Å². The van der Waals surface area contributed by atoms with Crippen LogP contribution in [-0.2, 0) is 14.2 Å². The zero-order chi connectivity index (χ0) is 10.0. The van der Waals surface area contributed by atoms with E-state index in [9.17, 15) is 10.2 Å². The highest BCUT2D eigenvalue weighted by Crippen LogP contribution is 2.25. The maximum atomic E-state index is 9.52. The predicted molar refractivity (Wildman–Crippen MR) is 43.6 cm³/mol. The lowest BCUT2D eigenvalue weighted by molar-refractivity contribution is -0.202. The summed E-state index contributed by atoms with van der Waals surface area (Å²) in [6.07, 6.45) is -3.05. The van der Waals surface area contributed by atoms with E-state index in [1.807, 2.05) is 0 Å². The lowest BCUT2D eigenvalue weighted by Crippen LogP contribution is -2.45. The zero-order valence-electron chi connectivity index (χ0n) is 7.85. The molecule has 0 radical (unpaired) electrons. The second-order valence-electron chi connectivity index (χ2n) is 2.78. The third-order valence-corrected chi connectivity index (χ3v) is 1.96. The highest BCUT2D eigenvalue weighted by molar-refractivity contribution is 5.11. The van der Waals surface area contributed by atoms with Gasteiger partial charge < -0.3 is 24.4 Å². The van der Waals surface area contributed by atoms with Crippen molar-refractivity contribution in [3.63, 3.8) is 0 Å². The maximum Gasteiger partial charge on any atom is 0.228 e. The minimum atomic E-state index is -1.12. The first-order valence-electron chi connectivity index (χ1n) is 3.92. The summed E-state index contributed by atoms with van der Waals surface area (Å²) in [7, 11) is 2.80. The highest BCUT2D eigenvalue weighted by atomic mass is 16.7. The quantitative estimate of drug-likeness (QED) is 0.619. The zero-order valence-corrected chi connectivity index (χ0v) is 7.85. The van der Waals surface area contributed by atoms with Crippen molar-refractivity contribution in [1.29, 1.82) is 0 Å². The van der Waals surface area contributed by atoms with E-state index in [0.29, 0.717) is 5.76 Å². The minimum Gasteiger partial charge on any atom is -0.495 e. The van der Waals surface area contributed by atoms with Crippen molar-refractivity contribution in [2.24, 2.45) is 0 Å². The predicted octanol–water partition coefficient (Wildman–Crippen LogP) is -0.411. The van der Waals surface area contributed by atoms with Crippen LogP contribution in [0.3, 0.4) is 0 Å². The molecule has 0 fully saturated rings. The van der Waals surface area contributed by atoms with Gasteiger partial charge in [-0.3, -0.25) is 0 Å². The van der Waals surface area contributed by atoms with E-state index < -0.39 is 18.5 Å². The Morgan fingerprint density at radius 3 is 2.38 bits per heavy atom. The van der Waals surface area contributed by atoms with E-state index >= 15 is 0 Å². The molecule has 0 aromatic heterocycles. The van der Waals surface area contributed by atoms with Crippen molar-refractivity contribution in [2.45, 2.75) is 25.4 Å². The normalized spacial score (nSPS) is 34.4. The van der Waals surface area contributed by atoms with Gasteiger partial charge in [0.05, 0.1) is 7.11 Å². The molecule has 1 aliphatic heterocycles. The fourth-order valence-electron chi connectivity index (χ4n) is 1.27. The van der Waals surface area contributed by atoms with Crippen molar-refractivity contribution >= 4 is 0 Å². The molecule has 0 amide bonds. The van der Waals surface area contributed by atoms with Crippen LogP contribution in [0.1, 0.15) is 6.92 Å². The van der Waals surface area contributed by atoms with Gasteiger partial charge in [-0.05, 0) is 6.92 Å². The van der Waals surface area contributed by atoms with Gasteiger partial charge in [-0.2, -0.15) is 0 Å². The first kappa shape index (κ1) is 10.3. The third-order valence-electron chi connectivity index (χ3n) is 1.96. The molecule has 13 heavy (non-hydrogen) atoms. The summed E-state index contributed by atoms with van der Waals surface area (Å²) >= 11 is 0. The second kappa shape index (κ2) is 3.95. The SMILES string of the molecule is COC1=C(C)OC(OC)C(O)C1O. The summed E-state index contributed by atoms with van der Waals surface area (Å²) < 4.78 is 14.8. The van der Waals surface area contributed by atoms with Crippen LogP contribution in [0.4, 0.5) is 0 Å². The molecule has 5 heteroatoms. The first-order chi connectivity index (χ1) is 6.11. The molecule has 0 aromatic rings. The number of methoxy groups -OCH3 is 2. The molecule has 76 valence electrons. The van der Waals surface area contributed by atoms with Crippen LogP contribution >= 0.6 is 0 Å². The maximum absolute atomic E-state index is 9.52. The van der Waals surface area contributed by atoms with Gasteiger partial charge in [0.15, 0.2) is 5.76 Å². The number of aliphatic hydroxyl groups excluding tert-OH is 2. The smallest absolute Gasteiger partial charge is 0.228 e. The standard InChI is InChI=1S/C8H14O5/c1-4-7(11-2)5(9)6(10)8(12-3)13-4/h5-6,8-10H,1-3H3. The van der Waals surface area contributed by atoms with E-state index in [1.54, 1.807) is 6.92 Å². The minimum absolute atomic E-state index is 0.237. The van der Waals surface area contributed by atoms with Crippen LogP contribution in [0.25, 0.3) is 0 Å². The van der Waals surface area contributed by atoms with E-state index in [0.717, 1.165) is 0 Å². The lowest BCUT2D eigenvalue weighted by Gasteiger charge is -2.32. The van der Waals surface area contributed by atoms with Gasteiger partial charge in [0, 0.05) is 7.11 Å². The number of ether oxygens (including phenoxy) is 3. The van der Waals surface area contributed by atoms with Crippen LogP contribution in [0, 0.1) is 0 Å². The van der Waals surface area contributed by atoms with Gasteiger partial charge in [0.1, 0.15) is 18.0 Å². The molecule has 0 spiro atoms. The van der Waals surface area contributed by atoms with Crippen molar-refractivity contribution in [2.75, 3.05) is 14.2 Å². The van der Waals surface area contributed by atoms with Gasteiger partial charge in [-0.15, -0.1) is 0 Å². The Balaban J connectivity index is 2.86. The monoisotopic (exact) mass is 190 g/mol. The second-order valence-corrected chi connectivity index (χ2v) is 2.78. The number of allylic oxidation sites excluding steroid dienone is 1. The Labute approximate surface area is 76.5 Å². The molecule has 3 unspecified atom stereocenters. The fourth-order valence-corrected chi connectivity index (χ4v) is 1.27. The average molecular weight is 190 g/mol. The Bertz CT molecular complexity index is 213. The molecule has 0 bridgehead atoms. The van der Waals surface area contributed by atoms with E-state index in [2.05, 4.69) is 0 Å². The molecule has 0 saturated carbocycles. The highest BCUT2D eigenvalue weighted by Gasteiger charge is 2.37. The molecule has 0 saturated heterocycles. The van der Waals surface area contributed by atoms with Gasteiger partial charge in [-0.25, -0.2) is 0 Å². The van der Waals surface area contributed by atoms with Gasteiger partial charge in [0.2, 0.25) is 6.29 Å². The molecule has 0 aliphatic carbocycles. The van der Waals surface area contributed by atoms with Crippen LogP contribution in [0.5, 0.6) is 0 Å². The van der Waals surface area contributed by atoms with Crippen LogP contribution in [-0.4, -0.2) is 42.9 Å². The van der Waals surface area contributed by atoms with Crippen molar-refractivity contribution in [1.82, 2.24) is 0 Å². The molecule has 5 nitrogen and oxygen atoms in total. The van der Waals surface area contributed by atoms with Crippen molar-refractivity contribution in [3.8, 4) is 0 Å². The van der Waals surface area contributed by atoms with E-state index in [-0.39, 0.29) is 5.76 Å². The first-order valence-corrected chi connectivity index (χ1v) is 3.92. The number of hydrogen-bond acceptors (Lipinski definition) is 5. The molecule has 2 N–H and O–H groups in total. The number of rotatable bonds is 2.